The zero-order valence-electron chi connectivity index (χ0n) is 21.9. The second-order valence-electron chi connectivity index (χ2n) is 9.46. The molecule has 5 rings (SSSR count). The molecular formula is C28H29FN4O5S. The van der Waals surface area contributed by atoms with E-state index in [9.17, 15) is 14.0 Å². The maximum atomic E-state index is 14.7. The number of amidine groups is 1. The van der Waals surface area contributed by atoms with E-state index in [1.165, 1.54) is 30.8 Å². The standard InChI is InChI=1S/C28H29FN4O5S/c1-4-37-28(35)21-22(16-8-10-17(11-9-16)25-31-20(14-38-25)27(34)36-3)32-24(26-30-12-13-39-26)33-23(21)18-6-5-7-19(29)15(18)2/h5-7,12-14,16-17,23H,4,8-11H2,1-3H3,(H,32,33)/t16-,17+,23?. The molecule has 3 aromatic rings. The van der Waals surface area contributed by atoms with Crippen molar-refractivity contribution in [3.63, 3.8) is 0 Å². The minimum atomic E-state index is -0.748. The number of aliphatic imine (C=N–C) groups is 1. The van der Waals surface area contributed by atoms with Gasteiger partial charge in [-0.25, -0.2) is 23.9 Å². The number of hydrogen-bond donors (Lipinski definition) is 1. The summed E-state index contributed by atoms with van der Waals surface area (Å²) in [7, 11) is 1.30. The van der Waals surface area contributed by atoms with E-state index in [0.717, 1.165) is 31.4 Å². The van der Waals surface area contributed by atoms with Crippen molar-refractivity contribution in [1.29, 1.82) is 0 Å². The Labute approximate surface area is 229 Å². The van der Waals surface area contributed by atoms with Gasteiger partial charge < -0.3 is 19.2 Å². The first-order valence-corrected chi connectivity index (χ1v) is 13.7. The summed E-state index contributed by atoms with van der Waals surface area (Å²) in [6.07, 6.45) is 5.94. The molecule has 1 fully saturated rings. The number of benzene rings is 1. The fourth-order valence-electron chi connectivity index (χ4n) is 5.22. The largest absolute Gasteiger partial charge is 0.464 e. The monoisotopic (exact) mass is 552 g/mol. The van der Waals surface area contributed by atoms with Crippen molar-refractivity contribution in [2.75, 3.05) is 13.7 Å². The lowest BCUT2D eigenvalue weighted by atomic mass is 9.77. The first-order valence-electron chi connectivity index (χ1n) is 12.9. The van der Waals surface area contributed by atoms with Crippen LogP contribution in [0, 0.1) is 18.7 Å². The Morgan fingerprint density at radius 1 is 1.18 bits per heavy atom. The van der Waals surface area contributed by atoms with E-state index in [1.54, 1.807) is 32.2 Å². The van der Waals surface area contributed by atoms with Crippen LogP contribution in [0.15, 0.2) is 56.7 Å². The topological polar surface area (TPSA) is 116 Å². The first kappa shape index (κ1) is 26.7. The van der Waals surface area contributed by atoms with Gasteiger partial charge in [0.25, 0.3) is 0 Å². The van der Waals surface area contributed by atoms with Crippen molar-refractivity contribution >= 4 is 29.1 Å². The summed E-state index contributed by atoms with van der Waals surface area (Å²) in [6, 6.07) is 4.08. The number of aromatic nitrogens is 2. The van der Waals surface area contributed by atoms with Gasteiger partial charge in [-0.05, 0) is 62.6 Å². The molecule has 0 radical (unpaired) electrons. The Kier molecular flexibility index (Phi) is 7.87. The molecule has 1 saturated carbocycles. The minimum absolute atomic E-state index is 0.0162. The number of halogens is 1. The number of carbonyl (C=O) groups is 2. The number of ether oxygens (including phenoxy) is 2. The van der Waals surface area contributed by atoms with Crippen molar-refractivity contribution in [2.24, 2.45) is 10.9 Å². The normalized spacial score (nSPS) is 21.2. The average Bonchev–Trinajstić information content (AvgIpc) is 3.67. The van der Waals surface area contributed by atoms with Crippen LogP contribution >= 0.6 is 11.3 Å². The second-order valence-corrected chi connectivity index (χ2v) is 10.4. The predicted molar refractivity (Wildman–Crippen MR) is 142 cm³/mol. The second kappa shape index (κ2) is 11.5. The van der Waals surface area contributed by atoms with E-state index in [1.807, 2.05) is 5.38 Å². The fraction of sp³-hybridized carbons (Fsp3) is 0.393. The molecular weight excluding hydrogens is 523 g/mol. The number of esters is 2. The van der Waals surface area contributed by atoms with E-state index in [2.05, 4.69) is 15.3 Å². The summed E-state index contributed by atoms with van der Waals surface area (Å²) >= 11 is 1.43. The minimum Gasteiger partial charge on any atom is -0.464 e. The molecule has 204 valence electrons. The molecule has 1 aromatic carbocycles. The smallest absolute Gasteiger partial charge is 0.360 e. The lowest BCUT2D eigenvalue weighted by Gasteiger charge is -2.34. The van der Waals surface area contributed by atoms with Gasteiger partial charge in [-0.3, -0.25) is 4.99 Å². The summed E-state index contributed by atoms with van der Waals surface area (Å²) in [5, 5.41) is 5.95. The molecule has 1 atom stereocenters. The molecule has 1 aliphatic heterocycles. The van der Waals surface area contributed by atoms with Gasteiger partial charge in [-0.15, -0.1) is 11.3 Å². The molecule has 1 N–H and O–H groups in total. The highest BCUT2D eigenvalue weighted by atomic mass is 32.1. The van der Waals surface area contributed by atoms with Gasteiger partial charge in [0.15, 0.2) is 22.4 Å². The van der Waals surface area contributed by atoms with Crippen LogP contribution in [0.25, 0.3) is 0 Å². The maximum absolute atomic E-state index is 14.7. The van der Waals surface area contributed by atoms with Gasteiger partial charge in [0, 0.05) is 23.2 Å². The number of allylic oxidation sites excluding steroid dienone is 1. The first-order chi connectivity index (χ1) is 18.9. The van der Waals surface area contributed by atoms with Crippen molar-refractivity contribution in [3.05, 3.63) is 80.8 Å². The molecule has 39 heavy (non-hydrogen) atoms. The molecule has 11 heteroatoms. The third kappa shape index (κ3) is 5.36. The molecule has 1 unspecified atom stereocenters. The summed E-state index contributed by atoms with van der Waals surface area (Å²) in [5.41, 5.74) is 2.30. The van der Waals surface area contributed by atoms with Crippen LogP contribution in [0.5, 0.6) is 0 Å². The zero-order chi connectivity index (χ0) is 27.5. The van der Waals surface area contributed by atoms with Gasteiger partial charge in [-0.1, -0.05) is 12.1 Å². The summed E-state index contributed by atoms with van der Waals surface area (Å²) < 4.78 is 30.5. The molecule has 0 saturated heterocycles. The Bertz CT molecular complexity index is 1420. The number of methoxy groups -OCH3 is 1. The van der Waals surface area contributed by atoms with Crippen molar-refractivity contribution in [2.45, 2.75) is 51.5 Å². The number of rotatable bonds is 7. The highest BCUT2D eigenvalue weighted by Crippen LogP contribution is 2.43. The number of nitrogens with zero attached hydrogens (tertiary/aromatic N) is 3. The van der Waals surface area contributed by atoms with Crippen LogP contribution in [0.2, 0.25) is 0 Å². The van der Waals surface area contributed by atoms with E-state index >= 15 is 0 Å². The van der Waals surface area contributed by atoms with Gasteiger partial charge in [-0.2, -0.15) is 0 Å². The van der Waals surface area contributed by atoms with Crippen LogP contribution < -0.4 is 5.32 Å². The van der Waals surface area contributed by atoms with Gasteiger partial charge in [0.05, 0.1) is 19.3 Å². The summed E-state index contributed by atoms with van der Waals surface area (Å²) in [4.78, 5) is 38.9. The number of nitrogens with one attached hydrogen (secondary N) is 1. The molecule has 2 aliphatic rings. The Morgan fingerprint density at radius 2 is 1.95 bits per heavy atom. The molecule has 0 amide bonds. The molecule has 1 aliphatic carbocycles. The Balaban J connectivity index is 1.51. The molecule has 9 nitrogen and oxygen atoms in total. The van der Waals surface area contributed by atoms with Crippen LogP contribution in [-0.4, -0.2) is 41.5 Å². The van der Waals surface area contributed by atoms with E-state index in [4.69, 9.17) is 18.9 Å². The van der Waals surface area contributed by atoms with E-state index < -0.39 is 18.0 Å². The molecule has 2 aromatic heterocycles. The summed E-state index contributed by atoms with van der Waals surface area (Å²) in [6.45, 7) is 3.65. The van der Waals surface area contributed by atoms with Gasteiger partial charge in [0.1, 0.15) is 18.1 Å². The molecule has 0 spiro atoms. The molecule has 0 bridgehead atoms. The van der Waals surface area contributed by atoms with Gasteiger partial charge >= 0.3 is 11.9 Å². The zero-order valence-corrected chi connectivity index (χ0v) is 22.7. The predicted octanol–water partition coefficient (Wildman–Crippen LogP) is 5.25. The van der Waals surface area contributed by atoms with Crippen LogP contribution in [0.4, 0.5) is 4.39 Å². The number of carbonyl (C=O) groups excluding carboxylic acids is 2. The third-order valence-corrected chi connectivity index (χ3v) is 7.99. The average molecular weight is 553 g/mol. The Hall–Kier alpha value is -3.86. The summed E-state index contributed by atoms with van der Waals surface area (Å²) in [5.74, 6) is -0.321. The number of oxazole rings is 1. The van der Waals surface area contributed by atoms with Crippen LogP contribution in [0.3, 0.4) is 0 Å². The fourth-order valence-corrected chi connectivity index (χ4v) is 5.81. The number of hydrogen-bond acceptors (Lipinski definition) is 10. The highest BCUT2D eigenvalue weighted by Gasteiger charge is 2.38. The highest BCUT2D eigenvalue weighted by molar-refractivity contribution is 7.11. The SMILES string of the molecule is CCOC(=O)C1=C([C@H]2CC[C@@H](c3nc(C(=O)OC)co3)CC2)NC(c2nccs2)=NC1c1cccc(F)c1C. The quantitative estimate of drug-likeness (QED) is 0.395. The molecule has 3 heterocycles. The van der Waals surface area contributed by atoms with Crippen LogP contribution in [-0.2, 0) is 14.3 Å². The van der Waals surface area contributed by atoms with Crippen molar-refractivity contribution < 1.29 is 27.9 Å². The number of thiazole rings is 1. The van der Waals surface area contributed by atoms with E-state index in [-0.39, 0.29) is 30.0 Å². The third-order valence-electron chi connectivity index (χ3n) is 7.21. The van der Waals surface area contributed by atoms with E-state index in [0.29, 0.717) is 33.4 Å². The van der Waals surface area contributed by atoms with Crippen molar-refractivity contribution in [1.82, 2.24) is 15.3 Å². The lowest BCUT2D eigenvalue weighted by Crippen LogP contribution is -2.38. The van der Waals surface area contributed by atoms with Crippen LogP contribution in [0.1, 0.15) is 77.1 Å². The maximum Gasteiger partial charge on any atom is 0.360 e. The Morgan fingerprint density at radius 3 is 2.64 bits per heavy atom. The van der Waals surface area contributed by atoms with Gasteiger partial charge in [0.2, 0.25) is 0 Å². The van der Waals surface area contributed by atoms with Crippen molar-refractivity contribution in [3.8, 4) is 0 Å². The lowest BCUT2D eigenvalue weighted by molar-refractivity contribution is -0.139.